The number of rotatable bonds is 4. The number of hydrogen-bond donors (Lipinski definition) is 0. The van der Waals surface area contributed by atoms with Gasteiger partial charge in [-0.1, -0.05) is 44.0 Å². The molecule has 2 aliphatic heterocycles. The Labute approximate surface area is 245 Å². The van der Waals surface area contributed by atoms with Crippen molar-refractivity contribution in [1.82, 2.24) is 0 Å². The molecule has 6 nitrogen and oxygen atoms in total. The molecule has 2 heterocycles. The van der Waals surface area contributed by atoms with Gasteiger partial charge in [-0.2, -0.15) is 0 Å². The lowest BCUT2D eigenvalue weighted by Crippen LogP contribution is -2.32. The van der Waals surface area contributed by atoms with Crippen LogP contribution >= 0.6 is 20.7 Å². The van der Waals surface area contributed by atoms with Gasteiger partial charge < -0.3 is 18.9 Å². The third-order valence-corrected chi connectivity index (χ3v) is 8.48. The summed E-state index contributed by atoms with van der Waals surface area (Å²) in [5.74, 6) is 1.04. The van der Waals surface area contributed by atoms with Crippen LogP contribution in [0.2, 0.25) is 0 Å². The summed E-state index contributed by atoms with van der Waals surface area (Å²) in [5, 5.41) is 0. The summed E-state index contributed by atoms with van der Waals surface area (Å²) in [6.45, 7) is 15.4. The topological polar surface area (TPSA) is 71.1 Å². The highest BCUT2D eigenvalue weighted by Crippen LogP contribution is 2.57. The van der Waals surface area contributed by atoms with Gasteiger partial charge in [0.2, 0.25) is 0 Å². The number of fused-ring (bicyclic) bond motifs is 6. The van der Waals surface area contributed by atoms with E-state index in [1.165, 1.54) is 0 Å². The smallest absolute Gasteiger partial charge is 0.316 e. The number of halogens is 1. The number of carbonyl (C=O) groups excluding carboxylic acids is 2. The van der Waals surface area contributed by atoms with Gasteiger partial charge in [-0.25, -0.2) is 0 Å². The van der Waals surface area contributed by atoms with Gasteiger partial charge in [-0.05, 0) is 88.6 Å². The molecular weight excluding hydrogens is 619 g/mol. The van der Waals surface area contributed by atoms with E-state index in [2.05, 4.69) is 29.3 Å². The van der Waals surface area contributed by atoms with Crippen molar-refractivity contribution in [3.8, 4) is 23.0 Å². The molecule has 208 valence electrons. The lowest BCUT2D eigenvalue weighted by Gasteiger charge is -2.37. The van der Waals surface area contributed by atoms with E-state index >= 15 is 0 Å². The first-order valence-electron chi connectivity index (χ1n) is 13.0. The van der Waals surface area contributed by atoms with Crippen molar-refractivity contribution < 1.29 is 28.5 Å². The molecule has 0 aromatic heterocycles. The second-order valence-corrected chi connectivity index (χ2v) is 14.1. The lowest BCUT2D eigenvalue weighted by molar-refractivity contribution is -0.143. The largest absolute Gasteiger partial charge is 0.456 e. The van der Waals surface area contributed by atoms with Crippen molar-refractivity contribution in [3.05, 3.63) is 89.0 Å². The fraction of sp³-hybridized carbons (Fsp3) is 0.303. The SMILES string of the molecule is C=IC(=C)c1ccc2c(c1)COC21c2ccc(OC(=O)C(C)(C)C)cc2Oc2cc(OC(=O)C(C)(C)C)ccc21. The Hall–Kier alpha value is -3.30. The molecule has 0 N–H and O–H groups in total. The molecular formula is C33H33IO6. The van der Waals surface area contributed by atoms with E-state index in [0.29, 0.717) is 29.6 Å². The third-order valence-electron chi connectivity index (χ3n) is 6.93. The predicted octanol–water partition coefficient (Wildman–Crippen LogP) is 7.89. The molecule has 0 saturated heterocycles. The van der Waals surface area contributed by atoms with Gasteiger partial charge in [0.25, 0.3) is 0 Å². The Morgan fingerprint density at radius 1 is 0.800 bits per heavy atom. The van der Waals surface area contributed by atoms with E-state index < -0.39 is 16.4 Å². The van der Waals surface area contributed by atoms with Crippen molar-refractivity contribution in [3.63, 3.8) is 0 Å². The zero-order valence-corrected chi connectivity index (χ0v) is 25.8. The molecule has 1 spiro atoms. The highest BCUT2D eigenvalue weighted by molar-refractivity contribution is 14.2. The lowest BCUT2D eigenvalue weighted by atomic mass is 9.77. The Kier molecular flexibility index (Phi) is 7.03. The van der Waals surface area contributed by atoms with E-state index in [9.17, 15) is 9.59 Å². The van der Waals surface area contributed by atoms with Crippen LogP contribution < -0.4 is 14.2 Å². The highest BCUT2D eigenvalue weighted by atomic mass is 127. The summed E-state index contributed by atoms with van der Waals surface area (Å²) in [7, 11) is 0. The molecule has 0 bridgehead atoms. The fourth-order valence-electron chi connectivity index (χ4n) is 4.68. The average molecular weight is 653 g/mol. The summed E-state index contributed by atoms with van der Waals surface area (Å²) in [5.41, 5.74) is 2.43. The number of esters is 2. The zero-order valence-electron chi connectivity index (χ0n) is 23.6. The van der Waals surface area contributed by atoms with E-state index in [1.807, 2.05) is 12.1 Å². The maximum atomic E-state index is 12.6. The van der Waals surface area contributed by atoms with Crippen LogP contribution in [0.15, 0.2) is 61.2 Å². The molecule has 0 unspecified atom stereocenters. The first-order valence-corrected chi connectivity index (χ1v) is 15.6. The fourth-order valence-corrected chi connectivity index (χ4v) is 5.45. The molecule has 0 amide bonds. The number of ether oxygens (including phenoxy) is 4. The van der Waals surface area contributed by atoms with Crippen LogP contribution in [0.4, 0.5) is 0 Å². The van der Waals surface area contributed by atoms with Gasteiger partial charge in [0, 0.05) is 26.8 Å². The minimum atomic E-state index is -0.962. The van der Waals surface area contributed by atoms with E-state index in [-0.39, 0.29) is 32.7 Å². The van der Waals surface area contributed by atoms with Gasteiger partial charge in [-0.15, -0.1) is 0 Å². The molecule has 0 radical (unpaired) electrons. The van der Waals surface area contributed by atoms with Crippen LogP contribution in [-0.2, 0) is 26.5 Å². The predicted molar refractivity (Wildman–Crippen MR) is 164 cm³/mol. The molecule has 0 aliphatic carbocycles. The molecule has 2 aliphatic rings. The highest BCUT2D eigenvalue weighted by Gasteiger charge is 2.50. The molecule has 7 heteroatoms. The number of carbonyl (C=O) groups is 2. The monoisotopic (exact) mass is 652 g/mol. The van der Waals surface area contributed by atoms with Crippen molar-refractivity contribution in [2.24, 2.45) is 10.8 Å². The second-order valence-electron chi connectivity index (χ2n) is 12.1. The molecule has 0 fully saturated rings. The first-order chi connectivity index (χ1) is 18.7. The average Bonchev–Trinajstić information content (AvgIpc) is 3.26. The van der Waals surface area contributed by atoms with Crippen LogP contribution in [0.5, 0.6) is 23.0 Å². The Bertz CT molecular complexity index is 1490. The normalized spacial score (nSPS) is 14.9. The van der Waals surface area contributed by atoms with E-state index in [0.717, 1.165) is 31.4 Å². The van der Waals surface area contributed by atoms with Crippen molar-refractivity contribution in [2.45, 2.75) is 53.8 Å². The second kappa shape index (κ2) is 9.96. The maximum absolute atomic E-state index is 12.6. The number of benzene rings is 3. The van der Waals surface area contributed by atoms with Crippen LogP contribution in [0, 0.1) is 10.8 Å². The number of hydrogen-bond acceptors (Lipinski definition) is 6. The standard InChI is InChI=1S/C33H33IO6/c1-19(34-8)20-9-12-24-21(15-20)18-37-33(24)25-13-10-22(38-29(35)31(2,3)4)16-27(25)40-28-17-23(11-14-26(28)33)39-30(36)32(5,6)7/h9-17H,1,8,18H2,2-7H3. The van der Waals surface area contributed by atoms with Crippen LogP contribution in [-0.4, -0.2) is 16.5 Å². The van der Waals surface area contributed by atoms with E-state index in [1.54, 1.807) is 65.8 Å². The Balaban J connectivity index is 1.65. The third kappa shape index (κ3) is 4.90. The summed E-state index contributed by atoms with van der Waals surface area (Å²) in [4.78, 5) is 25.2. The summed E-state index contributed by atoms with van der Waals surface area (Å²) < 4.78 is 29.6. The minimum Gasteiger partial charge on any atom is -0.456 e. The van der Waals surface area contributed by atoms with Gasteiger partial charge >= 0.3 is 11.9 Å². The molecule has 0 atom stereocenters. The van der Waals surface area contributed by atoms with Crippen molar-refractivity contribution >= 4 is 40.8 Å². The molecule has 3 aromatic rings. The van der Waals surface area contributed by atoms with Gasteiger partial charge in [0.1, 0.15) is 23.0 Å². The van der Waals surface area contributed by atoms with E-state index in [4.69, 9.17) is 18.9 Å². The Morgan fingerprint density at radius 3 is 1.77 bits per heavy atom. The molecule has 3 aromatic carbocycles. The van der Waals surface area contributed by atoms with Crippen LogP contribution in [0.25, 0.3) is 3.58 Å². The maximum Gasteiger partial charge on any atom is 0.316 e. The minimum absolute atomic E-state index is 0.349. The van der Waals surface area contributed by atoms with Crippen molar-refractivity contribution in [2.75, 3.05) is 0 Å². The molecule has 40 heavy (non-hydrogen) atoms. The summed E-state index contributed by atoms with van der Waals surface area (Å²) in [6.07, 6.45) is 0. The quantitative estimate of drug-likeness (QED) is 0.162. The van der Waals surface area contributed by atoms with Gasteiger partial charge in [0.15, 0.2) is 5.60 Å². The summed E-state index contributed by atoms with van der Waals surface area (Å²) in [6, 6.07) is 17.0. The first kappa shape index (κ1) is 28.2. The van der Waals surface area contributed by atoms with Crippen LogP contribution in [0.1, 0.15) is 69.4 Å². The molecule has 5 rings (SSSR count). The zero-order chi connectivity index (χ0) is 29.0. The Morgan fingerprint density at radius 2 is 1.30 bits per heavy atom. The molecule has 0 saturated carbocycles. The summed E-state index contributed by atoms with van der Waals surface area (Å²) >= 11 is -0.380. The van der Waals surface area contributed by atoms with Crippen LogP contribution in [0.3, 0.4) is 0 Å². The van der Waals surface area contributed by atoms with Crippen molar-refractivity contribution in [1.29, 1.82) is 0 Å². The van der Waals surface area contributed by atoms with Gasteiger partial charge in [-0.3, -0.25) is 9.59 Å². The van der Waals surface area contributed by atoms with Gasteiger partial charge in [0.05, 0.1) is 17.4 Å².